The molecule has 12 rings (SSSR count). The molecule has 9 aromatic carbocycles. The number of hydrogen-bond donors (Lipinski definition) is 0. The minimum absolute atomic E-state index is 0.899. The number of fused-ring (bicyclic) bond motifs is 10. The first-order chi connectivity index (χ1) is 28.8. The second kappa shape index (κ2) is 12.8. The molecule has 12 aromatic rings. The Labute approximate surface area is 336 Å². The van der Waals surface area contributed by atoms with Crippen LogP contribution in [0.3, 0.4) is 0 Å². The number of aromatic nitrogens is 2. The zero-order valence-electron chi connectivity index (χ0n) is 31.6. The van der Waals surface area contributed by atoms with Gasteiger partial charge in [-0.25, -0.2) is 0 Å². The summed E-state index contributed by atoms with van der Waals surface area (Å²) in [5, 5.41) is 12.6. The normalized spacial score (nSPS) is 12.1. The SMILES string of the molecule is c1ccc([Si](c2ccccc2)(c2ccccc2)c2cccc(-n3c4ccccc4c4cc(-n5c6ccccc6c6ccc7oc8ccccc8c7c65)ccc43)c2)cc1. The van der Waals surface area contributed by atoms with Crippen molar-refractivity contribution in [2.45, 2.75) is 0 Å². The van der Waals surface area contributed by atoms with E-state index in [2.05, 4.69) is 221 Å². The Bertz CT molecular complexity index is 3410. The fraction of sp³-hybridized carbons (Fsp3) is 0. The molecule has 0 radical (unpaired) electrons. The first kappa shape index (κ1) is 32.8. The van der Waals surface area contributed by atoms with Crippen LogP contribution in [0.5, 0.6) is 0 Å². The smallest absolute Gasteiger partial charge is 0.179 e. The van der Waals surface area contributed by atoms with Gasteiger partial charge in [-0.1, -0.05) is 158 Å². The van der Waals surface area contributed by atoms with Gasteiger partial charge < -0.3 is 13.6 Å². The lowest BCUT2D eigenvalue weighted by Crippen LogP contribution is -2.74. The van der Waals surface area contributed by atoms with Gasteiger partial charge in [0, 0.05) is 38.3 Å². The maximum atomic E-state index is 6.43. The lowest BCUT2D eigenvalue weighted by Gasteiger charge is -2.34. The Hall–Kier alpha value is -7.40. The van der Waals surface area contributed by atoms with Crippen molar-refractivity contribution in [3.63, 3.8) is 0 Å². The number of para-hydroxylation sites is 3. The van der Waals surface area contributed by atoms with Gasteiger partial charge in [-0.15, -0.1) is 0 Å². The van der Waals surface area contributed by atoms with Crippen molar-refractivity contribution in [3.05, 3.63) is 218 Å². The van der Waals surface area contributed by atoms with E-state index in [1.54, 1.807) is 0 Å². The predicted molar refractivity (Wildman–Crippen MR) is 246 cm³/mol. The zero-order chi connectivity index (χ0) is 38.2. The van der Waals surface area contributed by atoms with E-state index < -0.39 is 8.07 Å². The molecule has 0 saturated heterocycles. The second-order valence-electron chi connectivity index (χ2n) is 15.2. The third-order valence-corrected chi connectivity index (χ3v) is 17.0. The summed E-state index contributed by atoms with van der Waals surface area (Å²) in [6.45, 7) is 0. The summed E-state index contributed by atoms with van der Waals surface area (Å²) in [6, 6.07) is 80.2. The van der Waals surface area contributed by atoms with E-state index in [0.29, 0.717) is 0 Å². The van der Waals surface area contributed by atoms with E-state index in [1.807, 2.05) is 6.07 Å². The van der Waals surface area contributed by atoms with Crippen molar-refractivity contribution in [3.8, 4) is 11.4 Å². The Balaban J connectivity index is 1.12. The Morgan fingerprint density at radius 1 is 0.310 bits per heavy atom. The molecule has 0 aliphatic carbocycles. The second-order valence-corrected chi connectivity index (χ2v) is 19.0. The summed E-state index contributed by atoms with van der Waals surface area (Å²) in [6.07, 6.45) is 0. The first-order valence-electron chi connectivity index (χ1n) is 19.9. The molecule has 3 heterocycles. The van der Waals surface area contributed by atoms with Crippen LogP contribution in [-0.4, -0.2) is 17.2 Å². The molecule has 0 amide bonds. The molecule has 0 aliphatic heterocycles. The third-order valence-electron chi connectivity index (χ3n) is 12.2. The molecule has 0 fully saturated rings. The average Bonchev–Trinajstić information content (AvgIpc) is 3.95. The summed E-state index contributed by atoms with van der Waals surface area (Å²) in [7, 11) is -2.74. The standard InChI is InChI=1S/C54H36N2OSi/c1-4-18-39(19-5-1)58(40-20-6-2-7-21-40,41-22-8-3-9-23-41)42-24-16-17-37(35-42)55-48-28-13-11-26-44(48)47-36-38(31-33-50(47)55)56-49-29-14-10-25-43(49)45-32-34-52-53(54(45)56)46-27-12-15-30-51(46)57-52/h1-36H. The molecule has 272 valence electrons. The molecule has 0 aliphatic rings. The minimum atomic E-state index is -2.74. The third kappa shape index (κ3) is 4.67. The maximum absolute atomic E-state index is 6.43. The van der Waals surface area contributed by atoms with Gasteiger partial charge >= 0.3 is 0 Å². The molecule has 4 heteroatoms. The molecular formula is C54H36N2OSi. The first-order valence-corrected chi connectivity index (χ1v) is 21.9. The van der Waals surface area contributed by atoms with Crippen LogP contribution in [0.1, 0.15) is 0 Å². The quantitative estimate of drug-likeness (QED) is 0.122. The van der Waals surface area contributed by atoms with Gasteiger partial charge in [0.1, 0.15) is 11.2 Å². The fourth-order valence-corrected chi connectivity index (χ4v) is 14.6. The molecule has 0 spiro atoms. The molecule has 3 nitrogen and oxygen atoms in total. The van der Waals surface area contributed by atoms with Crippen LogP contribution in [0.25, 0.3) is 76.9 Å². The van der Waals surface area contributed by atoms with E-state index in [9.17, 15) is 0 Å². The van der Waals surface area contributed by atoms with E-state index in [-0.39, 0.29) is 0 Å². The topological polar surface area (TPSA) is 23.0 Å². The van der Waals surface area contributed by atoms with Gasteiger partial charge in [-0.2, -0.15) is 0 Å². The van der Waals surface area contributed by atoms with Gasteiger partial charge in [0.25, 0.3) is 0 Å². The number of hydrogen-bond acceptors (Lipinski definition) is 1. The molecule has 0 N–H and O–H groups in total. The zero-order valence-corrected chi connectivity index (χ0v) is 32.6. The van der Waals surface area contributed by atoms with E-state index >= 15 is 0 Å². The molecule has 3 aromatic heterocycles. The largest absolute Gasteiger partial charge is 0.456 e. The molecule has 0 saturated carbocycles. The Kier molecular flexibility index (Phi) is 7.25. The van der Waals surface area contributed by atoms with E-state index in [0.717, 1.165) is 33.3 Å². The van der Waals surface area contributed by atoms with Gasteiger partial charge in [-0.3, -0.25) is 0 Å². The minimum Gasteiger partial charge on any atom is -0.456 e. The summed E-state index contributed by atoms with van der Waals surface area (Å²) < 4.78 is 11.3. The van der Waals surface area contributed by atoms with Gasteiger partial charge in [0.05, 0.1) is 27.5 Å². The molecule has 0 bridgehead atoms. The fourth-order valence-electron chi connectivity index (χ4n) is 9.85. The average molecular weight is 757 g/mol. The van der Waals surface area contributed by atoms with Crippen LogP contribution in [-0.2, 0) is 0 Å². The maximum Gasteiger partial charge on any atom is 0.179 e. The van der Waals surface area contributed by atoms with E-state index in [1.165, 1.54) is 64.4 Å². The van der Waals surface area contributed by atoms with Crippen LogP contribution in [0.4, 0.5) is 0 Å². The summed E-state index contributed by atoms with van der Waals surface area (Å²) in [4.78, 5) is 0. The van der Waals surface area contributed by atoms with Crippen molar-refractivity contribution >= 4 is 94.4 Å². The number of nitrogens with zero attached hydrogens (tertiary/aromatic N) is 2. The molecular weight excluding hydrogens is 721 g/mol. The summed E-state index contributed by atoms with van der Waals surface area (Å²) in [5.74, 6) is 0. The van der Waals surface area contributed by atoms with Gasteiger partial charge in [0.15, 0.2) is 8.07 Å². The molecule has 0 atom stereocenters. The van der Waals surface area contributed by atoms with Crippen molar-refractivity contribution in [2.75, 3.05) is 0 Å². The predicted octanol–water partition coefficient (Wildman–Crippen LogP) is 11.2. The Morgan fingerprint density at radius 2 is 0.828 bits per heavy atom. The highest BCUT2D eigenvalue weighted by molar-refractivity contribution is 7.19. The highest BCUT2D eigenvalue weighted by Gasteiger charge is 2.41. The number of rotatable bonds is 6. The summed E-state index contributed by atoms with van der Waals surface area (Å²) in [5.41, 5.74) is 8.78. The van der Waals surface area contributed by atoms with Crippen LogP contribution in [0.2, 0.25) is 0 Å². The van der Waals surface area contributed by atoms with Crippen LogP contribution >= 0.6 is 0 Å². The lowest BCUT2D eigenvalue weighted by atomic mass is 10.1. The van der Waals surface area contributed by atoms with Crippen molar-refractivity contribution in [2.24, 2.45) is 0 Å². The van der Waals surface area contributed by atoms with Crippen molar-refractivity contribution in [1.29, 1.82) is 0 Å². The van der Waals surface area contributed by atoms with Gasteiger partial charge in [-0.05, 0) is 81.4 Å². The highest BCUT2D eigenvalue weighted by atomic mass is 28.3. The van der Waals surface area contributed by atoms with Crippen LogP contribution in [0.15, 0.2) is 223 Å². The van der Waals surface area contributed by atoms with Crippen molar-refractivity contribution in [1.82, 2.24) is 9.13 Å². The monoisotopic (exact) mass is 756 g/mol. The van der Waals surface area contributed by atoms with E-state index in [4.69, 9.17) is 4.42 Å². The summed E-state index contributed by atoms with van der Waals surface area (Å²) >= 11 is 0. The highest BCUT2D eigenvalue weighted by Crippen LogP contribution is 2.42. The van der Waals surface area contributed by atoms with Crippen LogP contribution in [0, 0.1) is 0 Å². The van der Waals surface area contributed by atoms with Crippen molar-refractivity contribution < 1.29 is 4.42 Å². The molecule has 0 unspecified atom stereocenters. The van der Waals surface area contributed by atoms with Crippen LogP contribution < -0.4 is 20.7 Å². The Morgan fingerprint density at radius 3 is 1.50 bits per heavy atom. The lowest BCUT2D eigenvalue weighted by molar-refractivity contribution is 0.669. The number of benzene rings is 9. The number of furan rings is 1. The molecule has 58 heavy (non-hydrogen) atoms. The van der Waals surface area contributed by atoms with Gasteiger partial charge in [0.2, 0.25) is 0 Å².